The number of fused-ring (bicyclic) bond motifs is 1. The van der Waals surface area contributed by atoms with Crippen molar-refractivity contribution in [2.24, 2.45) is 17.8 Å². The van der Waals surface area contributed by atoms with E-state index in [1.165, 1.54) is 4.90 Å². The third-order valence-electron chi connectivity index (χ3n) is 8.85. The number of hydrogen-bond acceptors (Lipinski definition) is 8. The second-order valence-corrected chi connectivity index (χ2v) is 14.8. The monoisotopic (exact) mass is 684 g/mol. The van der Waals surface area contributed by atoms with Gasteiger partial charge in [-0.25, -0.2) is 4.79 Å². The Morgan fingerprint density at radius 2 is 1.84 bits per heavy atom. The molecule has 2 aliphatic heterocycles. The van der Waals surface area contributed by atoms with Crippen LogP contribution in [0.4, 0.5) is 16.2 Å². The minimum absolute atomic E-state index is 0.0270. The third-order valence-corrected chi connectivity index (χ3v) is 8.85. The average Bonchev–Trinajstić information content (AvgIpc) is 3.87. The van der Waals surface area contributed by atoms with Crippen LogP contribution in [-0.2, 0) is 28.6 Å². The molecular formula is C37H56N4O8. The van der Waals surface area contributed by atoms with E-state index in [4.69, 9.17) is 18.9 Å². The molecule has 4 amide bonds. The van der Waals surface area contributed by atoms with Gasteiger partial charge in [0.05, 0.1) is 17.5 Å². The van der Waals surface area contributed by atoms with Gasteiger partial charge < -0.3 is 39.0 Å². The summed E-state index contributed by atoms with van der Waals surface area (Å²) in [6.45, 7) is 17.7. The Balaban J connectivity index is 1.61. The van der Waals surface area contributed by atoms with Crippen molar-refractivity contribution in [2.45, 2.75) is 97.8 Å². The van der Waals surface area contributed by atoms with Crippen LogP contribution in [0, 0.1) is 17.8 Å². The van der Waals surface area contributed by atoms with E-state index in [0.29, 0.717) is 68.7 Å². The quantitative estimate of drug-likeness (QED) is 0.195. The number of rotatable bonds is 15. The summed E-state index contributed by atoms with van der Waals surface area (Å²) in [5, 5.41) is 3.22. The number of methoxy groups -OCH3 is 1. The first-order chi connectivity index (χ1) is 23.2. The lowest BCUT2D eigenvalue weighted by molar-refractivity contribution is -0.131. The fourth-order valence-electron chi connectivity index (χ4n) is 6.48. The lowest BCUT2D eigenvalue weighted by atomic mass is 9.87. The van der Waals surface area contributed by atoms with Crippen molar-refractivity contribution in [1.29, 1.82) is 0 Å². The van der Waals surface area contributed by atoms with Gasteiger partial charge in [0.2, 0.25) is 11.8 Å². The Hall–Kier alpha value is -3.64. The first-order valence-electron chi connectivity index (χ1n) is 17.7. The molecule has 1 saturated heterocycles. The molecule has 4 rings (SSSR count). The van der Waals surface area contributed by atoms with Gasteiger partial charge in [0.15, 0.2) is 11.5 Å². The second kappa shape index (κ2) is 16.8. The summed E-state index contributed by atoms with van der Waals surface area (Å²) in [6, 6.07) is 5.28. The minimum Gasteiger partial charge on any atom is -0.450 e. The fourth-order valence-corrected chi connectivity index (χ4v) is 6.48. The van der Waals surface area contributed by atoms with E-state index >= 15 is 0 Å². The number of hydrogen-bond donors (Lipinski definition) is 1. The molecule has 1 aromatic carbocycles. The summed E-state index contributed by atoms with van der Waals surface area (Å²) in [5.41, 5.74) is 0.454. The van der Waals surface area contributed by atoms with Crippen LogP contribution in [0.25, 0.3) is 0 Å². The zero-order chi connectivity index (χ0) is 35.9. The van der Waals surface area contributed by atoms with Crippen molar-refractivity contribution in [1.82, 2.24) is 10.2 Å². The number of likely N-dealkylation sites (tertiary alicyclic amines) is 1. The Morgan fingerprint density at radius 1 is 1.12 bits per heavy atom. The molecular weight excluding hydrogens is 628 g/mol. The molecule has 272 valence electrons. The third kappa shape index (κ3) is 10.4. The maximum atomic E-state index is 14.6. The normalized spacial score (nSPS) is 20.1. The number of amides is 4. The van der Waals surface area contributed by atoms with Crippen LogP contribution < -0.4 is 19.9 Å². The molecule has 0 bridgehead atoms. The predicted octanol–water partition coefficient (Wildman–Crippen LogP) is 5.29. The number of carbonyl (C=O) groups excluding carboxylic acids is 4. The first-order valence-corrected chi connectivity index (χ1v) is 17.7. The van der Waals surface area contributed by atoms with Crippen molar-refractivity contribution in [3.05, 3.63) is 30.5 Å². The van der Waals surface area contributed by atoms with Crippen LogP contribution in [0.1, 0.15) is 80.1 Å². The summed E-state index contributed by atoms with van der Waals surface area (Å²) in [5.74, 6) is -1.04. The number of nitrogens with one attached hydrogen (secondary N) is 1. The van der Waals surface area contributed by atoms with E-state index in [9.17, 15) is 19.2 Å². The van der Waals surface area contributed by atoms with Crippen molar-refractivity contribution in [3.8, 4) is 5.75 Å². The zero-order valence-corrected chi connectivity index (χ0v) is 30.4. The molecule has 1 aliphatic carbocycles. The molecule has 3 aliphatic rings. The molecule has 1 saturated carbocycles. The number of ether oxygens (including phenoxy) is 4. The molecule has 1 N–H and O–H groups in total. The number of benzene rings is 1. The van der Waals surface area contributed by atoms with Gasteiger partial charge in [-0.15, -0.1) is 0 Å². The van der Waals surface area contributed by atoms with Gasteiger partial charge in [-0.1, -0.05) is 20.4 Å². The lowest BCUT2D eigenvalue weighted by Gasteiger charge is -2.39. The fraction of sp³-hybridized carbons (Fsp3) is 0.676. The Morgan fingerprint density at radius 3 is 2.47 bits per heavy atom. The van der Waals surface area contributed by atoms with Crippen LogP contribution in [0.5, 0.6) is 5.75 Å². The lowest BCUT2D eigenvalue weighted by Crippen LogP contribution is -2.54. The summed E-state index contributed by atoms with van der Waals surface area (Å²) in [6.07, 6.45) is 3.48. The van der Waals surface area contributed by atoms with Crippen molar-refractivity contribution >= 4 is 35.2 Å². The maximum Gasteiger partial charge on any atom is 0.410 e. The predicted molar refractivity (Wildman–Crippen MR) is 187 cm³/mol. The molecule has 12 nitrogen and oxygen atoms in total. The van der Waals surface area contributed by atoms with Gasteiger partial charge in [-0.05, 0) is 90.3 Å². The van der Waals surface area contributed by atoms with E-state index in [-0.39, 0.29) is 48.7 Å². The Kier molecular flexibility index (Phi) is 13.1. The van der Waals surface area contributed by atoms with Crippen LogP contribution >= 0.6 is 0 Å². The molecule has 49 heavy (non-hydrogen) atoms. The highest BCUT2D eigenvalue weighted by Crippen LogP contribution is 2.42. The van der Waals surface area contributed by atoms with Crippen LogP contribution in [0.15, 0.2) is 30.5 Å². The van der Waals surface area contributed by atoms with Crippen molar-refractivity contribution < 1.29 is 38.1 Å². The number of piperidine rings is 1. The van der Waals surface area contributed by atoms with Gasteiger partial charge in [0.1, 0.15) is 5.60 Å². The molecule has 2 fully saturated rings. The highest BCUT2D eigenvalue weighted by molar-refractivity contribution is 6.08. The smallest absolute Gasteiger partial charge is 0.410 e. The zero-order valence-electron chi connectivity index (χ0n) is 30.4. The molecule has 1 aromatic rings. The summed E-state index contributed by atoms with van der Waals surface area (Å²) >= 11 is 0. The molecule has 0 unspecified atom stereocenters. The average molecular weight is 685 g/mol. The largest absolute Gasteiger partial charge is 0.450 e. The molecule has 3 atom stereocenters. The maximum absolute atomic E-state index is 14.6. The van der Waals surface area contributed by atoms with Crippen LogP contribution in [0.3, 0.4) is 0 Å². The van der Waals surface area contributed by atoms with E-state index in [1.807, 2.05) is 19.1 Å². The highest BCUT2D eigenvalue weighted by atomic mass is 16.6. The van der Waals surface area contributed by atoms with E-state index in [2.05, 4.69) is 25.7 Å². The molecule has 12 heteroatoms. The Bertz CT molecular complexity index is 1350. The topological polar surface area (TPSA) is 127 Å². The van der Waals surface area contributed by atoms with Gasteiger partial charge in [-0.3, -0.25) is 14.4 Å². The Labute approximate surface area is 291 Å². The first kappa shape index (κ1) is 38.2. The van der Waals surface area contributed by atoms with E-state index < -0.39 is 23.5 Å². The van der Waals surface area contributed by atoms with Crippen LogP contribution in [-0.4, -0.2) is 93.0 Å². The standard InChI is InChI=1S/C37H56N4O8/c1-9-47-18-15-28(19-24(2)3)38-33(42)26-20-27(23-39(22-26)36(45)49-37(5,6)7)35(44)41(29-11-12-29)30-13-14-32-31(21-30)40(16-10-17-46-8)34(43)25(4)48-32/h13-14,21,24,26-29H,4,9-12,15-20,22-23H2,1-3,5-8H3,(H,38,42)/t26-,27+,28+/m0/s1. The SMILES string of the molecule is C=C1Oc2ccc(N(C(=O)[C@@H]3C[C@H](C(=O)N[C@H](CCOCC)CC(C)C)CN(C(=O)OC(C)(C)C)C3)C3CC3)cc2N(CCCOC)C1=O. The number of carbonyl (C=O) groups is 4. The number of anilines is 2. The van der Waals surface area contributed by atoms with Gasteiger partial charge in [-0.2, -0.15) is 0 Å². The molecule has 2 heterocycles. The van der Waals surface area contributed by atoms with Gasteiger partial charge >= 0.3 is 6.09 Å². The van der Waals surface area contributed by atoms with E-state index in [0.717, 1.165) is 19.3 Å². The highest BCUT2D eigenvalue weighted by Gasteiger charge is 2.44. The van der Waals surface area contributed by atoms with Gasteiger partial charge in [0.25, 0.3) is 5.91 Å². The second-order valence-electron chi connectivity index (χ2n) is 14.8. The van der Waals surface area contributed by atoms with Crippen molar-refractivity contribution in [3.63, 3.8) is 0 Å². The summed E-state index contributed by atoms with van der Waals surface area (Å²) in [4.78, 5) is 59.8. The summed E-state index contributed by atoms with van der Waals surface area (Å²) < 4.78 is 22.2. The van der Waals surface area contributed by atoms with Gasteiger partial charge in [0, 0.05) is 64.3 Å². The minimum atomic E-state index is -0.740. The molecule has 0 spiro atoms. The van der Waals surface area contributed by atoms with Crippen molar-refractivity contribution in [2.75, 3.05) is 56.4 Å². The van der Waals surface area contributed by atoms with E-state index in [1.54, 1.807) is 43.7 Å². The summed E-state index contributed by atoms with van der Waals surface area (Å²) in [7, 11) is 1.61. The molecule has 0 radical (unpaired) electrons. The molecule has 0 aromatic heterocycles. The number of nitrogens with zero attached hydrogens (tertiary/aromatic N) is 3. The van der Waals surface area contributed by atoms with Crippen LogP contribution in [0.2, 0.25) is 0 Å².